The Hall–Kier alpha value is -3.92. The number of anilines is 2. The summed E-state index contributed by atoms with van der Waals surface area (Å²) in [5.74, 6) is 0.546. The second kappa shape index (κ2) is 13.6. The number of piperazine rings is 1. The number of nitrogens with zero attached hydrogens (tertiary/aromatic N) is 4. The third-order valence-corrected chi connectivity index (χ3v) is 8.61. The highest BCUT2D eigenvalue weighted by Crippen LogP contribution is 2.32. The van der Waals surface area contributed by atoms with Gasteiger partial charge >= 0.3 is 0 Å². The molecule has 0 spiro atoms. The van der Waals surface area contributed by atoms with Crippen LogP contribution in [0.25, 0.3) is 11.1 Å². The van der Waals surface area contributed by atoms with Gasteiger partial charge in [0.05, 0.1) is 12.8 Å². The number of hydrogen-bond donors (Lipinski definition) is 2. The van der Waals surface area contributed by atoms with Gasteiger partial charge in [0.15, 0.2) is 0 Å². The number of nitrogens with one attached hydrogen (secondary N) is 2. The van der Waals surface area contributed by atoms with Gasteiger partial charge < -0.3 is 24.8 Å². The van der Waals surface area contributed by atoms with Gasteiger partial charge in [0.1, 0.15) is 5.75 Å². The molecule has 3 aromatic rings. The molecule has 0 aliphatic carbocycles. The molecule has 2 aliphatic heterocycles. The maximum Gasteiger partial charge on any atom is 0.265 e. The van der Waals surface area contributed by atoms with E-state index >= 15 is 0 Å². The number of methoxy groups -OCH3 is 1. The summed E-state index contributed by atoms with van der Waals surface area (Å²) in [6, 6.07) is 19.6. The zero-order chi connectivity index (χ0) is 30.5. The molecule has 43 heavy (non-hydrogen) atoms. The van der Waals surface area contributed by atoms with Crippen LogP contribution in [-0.4, -0.2) is 100 Å². The van der Waals surface area contributed by atoms with Gasteiger partial charge in [-0.2, -0.15) is 0 Å². The van der Waals surface area contributed by atoms with Crippen LogP contribution in [0.4, 0.5) is 11.4 Å². The van der Waals surface area contributed by atoms with E-state index < -0.39 is 0 Å². The molecule has 0 saturated carbocycles. The van der Waals surface area contributed by atoms with E-state index in [2.05, 4.69) is 46.6 Å². The van der Waals surface area contributed by atoms with E-state index in [0.717, 1.165) is 85.9 Å². The van der Waals surface area contributed by atoms with Crippen LogP contribution in [-0.2, 0) is 0 Å². The molecule has 2 amide bonds. The van der Waals surface area contributed by atoms with E-state index in [-0.39, 0.29) is 11.8 Å². The first-order valence-corrected chi connectivity index (χ1v) is 15.1. The number of rotatable bonds is 8. The van der Waals surface area contributed by atoms with Crippen molar-refractivity contribution in [1.29, 1.82) is 0 Å². The highest BCUT2D eigenvalue weighted by molar-refractivity contribution is 6.05. The molecule has 0 bridgehead atoms. The highest BCUT2D eigenvalue weighted by atomic mass is 16.5. The van der Waals surface area contributed by atoms with Gasteiger partial charge in [0.25, 0.3) is 11.8 Å². The molecular formula is C34H44N6O3. The molecule has 1 atom stereocenters. The van der Waals surface area contributed by atoms with Gasteiger partial charge in [-0.1, -0.05) is 18.2 Å². The number of amides is 2. The fourth-order valence-corrected chi connectivity index (χ4v) is 5.88. The smallest absolute Gasteiger partial charge is 0.265 e. The summed E-state index contributed by atoms with van der Waals surface area (Å²) in [7, 11) is 7.98. The Morgan fingerprint density at radius 3 is 2.28 bits per heavy atom. The zero-order valence-corrected chi connectivity index (χ0v) is 26.0. The van der Waals surface area contributed by atoms with E-state index in [4.69, 9.17) is 4.74 Å². The Bertz CT molecular complexity index is 1430. The minimum atomic E-state index is -0.168. The normalized spacial score (nSPS) is 18.0. The van der Waals surface area contributed by atoms with Crippen molar-refractivity contribution in [3.63, 3.8) is 0 Å². The summed E-state index contributed by atoms with van der Waals surface area (Å²) < 4.78 is 5.61. The fraction of sp³-hybridized carbons (Fsp3) is 0.412. The monoisotopic (exact) mass is 584 g/mol. The quantitative estimate of drug-likeness (QED) is 0.408. The molecule has 2 N–H and O–H groups in total. The molecule has 0 aromatic heterocycles. The predicted molar refractivity (Wildman–Crippen MR) is 173 cm³/mol. The van der Waals surface area contributed by atoms with E-state index in [0.29, 0.717) is 17.2 Å². The Kier molecular flexibility index (Phi) is 9.65. The molecule has 5 rings (SSSR count). The molecule has 3 aromatic carbocycles. The number of aryl methyl sites for hydroxylation is 1. The van der Waals surface area contributed by atoms with E-state index in [1.165, 1.54) is 0 Å². The molecule has 2 fully saturated rings. The average molecular weight is 585 g/mol. The van der Waals surface area contributed by atoms with Crippen molar-refractivity contribution in [2.75, 3.05) is 77.7 Å². The lowest BCUT2D eigenvalue weighted by atomic mass is 9.97. The Balaban J connectivity index is 1.23. The largest absolute Gasteiger partial charge is 0.495 e. The number of likely N-dealkylation sites (N-methyl/N-ethyl adjacent to an activating group) is 2. The third-order valence-electron chi connectivity index (χ3n) is 8.61. The summed E-state index contributed by atoms with van der Waals surface area (Å²) in [6.45, 7) is 7.49. The zero-order valence-electron chi connectivity index (χ0n) is 26.0. The number of ether oxygens (including phenoxy) is 1. The fourth-order valence-electron chi connectivity index (χ4n) is 5.88. The number of carbonyl (C=O) groups is 2. The maximum absolute atomic E-state index is 13.1. The summed E-state index contributed by atoms with van der Waals surface area (Å²) in [6.07, 6.45) is 2.21. The number of benzene rings is 3. The van der Waals surface area contributed by atoms with Gasteiger partial charge in [-0.05, 0) is 100 Å². The van der Waals surface area contributed by atoms with Crippen LogP contribution in [0.3, 0.4) is 0 Å². The minimum absolute atomic E-state index is 0.0876. The Morgan fingerprint density at radius 2 is 1.60 bits per heavy atom. The molecule has 228 valence electrons. The average Bonchev–Trinajstić information content (AvgIpc) is 3.01. The second-order valence-corrected chi connectivity index (χ2v) is 11.9. The molecule has 9 nitrogen and oxygen atoms in total. The molecule has 1 unspecified atom stereocenters. The summed E-state index contributed by atoms with van der Waals surface area (Å²) >= 11 is 0. The lowest BCUT2D eigenvalue weighted by Crippen LogP contribution is -2.52. The van der Waals surface area contributed by atoms with Crippen LogP contribution >= 0.6 is 0 Å². The van der Waals surface area contributed by atoms with Gasteiger partial charge in [-0.3, -0.25) is 15.0 Å². The summed E-state index contributed by atoms with van der Waals surface area (Å²) in [5, 5.41) is 5.08. The second-order valence-electron chi connectivity index (χ2n) is 11.9. The molecular weight excluding hydrogens is 540 g/mol. The van der Waals surface area contributed by atoms with Crippen LogP contribution in [0.2, 0.25) is 0 Å². The molecule has 0 radical (unpaired) electrons. The number of piperidine rings is 1. The Morgan fingerprint density at radius 1 is 0.884 bits per heavy atom. The van der Waals surface area contributed by atoms with Crippen LogP contribution in [0.1, 0.15) is 39.1 Å². The lowest BCUT2D eigenvalue weighted by Gasteiger charge is -2.36. The summed E-state index contributed by atoms with van der Waals surface area (Å²) in [4.78, 5) is 33.0. The maximum atomic E-state index is 13.1. The van der Waals surface area contributed by atoms with Gasteiger partial charge in [-0.25, -0.2) is 5.01 Å². The number of hydrogen-bond acceptors (Lipinski definition) is 7. The molecule has 9 heteroatoms. The molecule has 2 aliphatic rings. The first kappa shape index (κ1) is 30.5. The standard InChI is InChI=1S/C34H44N6O3/c1-24-21-27(34(42)36-40-16-6-7-29(23-40)37(2)3)12-14-30(24)25-8-10-26(11-9-25)33(41)35-28-13-15-32(43-5)31(22-28)39-19-17-38(4)18-20-39/h8-15,21-22,29H,6-7,16-20,23H2,1-5H3,(H,35,41)(H,36,42). The van der Waals surface area contributed by atoms with Crippen molar-refractivity contribution in [3.05, 3.63) is 77.4 Å². The van der Waals surface area contributed by atoms with Crippen molar-refractivity contribution >= 4 is 23.2 Å². The van der Waals surface area contributed by atoms with Crippen LogP contribution < -0.4 is 20.4 Å². The Labute approximate surface area is 255 Å². The minimum Gasteiger partial charge on any atom is -0.495 e. The van der Waals surface area contributed by atoms with E-state index in [1.54, 1.807) is 7.11 Å². The van der Waals surface area contributed by atoms with Crippen LogP contribution in [0.15, 0.2) is 60.7 Å². The number of hydrazine groups is 1. The van der Waals surface area contributed by atoms with E-state index in [1.807, 2.05) is 72.6 Å². The SMILES string of the molecule is COc1ccc(NC(=O)c2ccc(-c3ccc(C(=O)NN4CCCC(N(C)C)C4)cc3C)cc2)cc1N1CCN(C)CC1. The van der Waals surface area contributed by atoms with E-state index in [9.17, 15) is 9.59 Å². The number of carbonyl (C=O) groups excluding carboxylic acids is 2. The van der Waals surface area contributed by atoms with Crippen molar-refractivity contribution in [2.45, 2.75) is 25.8 Å². The van der Waals surface area contributed by atoms with Crippen LogP contribution in [0, 0.1) is 6.92 Å². The van der Waals surface area contributed by atoms with Crippen molar-refractivity contribution in [3.8, 4) is 16.9 Å². The first-order chi connectivity index (χ1) is 20.7. The third kappa shape index (κ3) is 7.36. The lowest BCUT2D eigenvalue weighted by molar-refractivity contribution is 0.0616. The van der Waals surface area contributed by atoms with Gasteiger partial charge in [0, 0.05) is 62.1 Å². The van der Waals surface area contributed by atoms with Crippen molar-refractivity contribution in [2.24, 2.45) is 0 Å². The molecule has 2 heterocycles. The summed E-state index contributed by atoms with van der Waals surface area (Å²) in [5.41, 5.74) is 9.05. The van der Waals surface area contributed by atoms with Gasteiger partial charge in [0.2, 0.25) is 0 Å². The van der Waals surface area contributed by atoms with Crippen molar-refractivity contribution in [1.82, 2.24) is 20.2 Å². The van der Waals surface area contributed by atoms with Crippen LogP contribution in [0.5, 0.6) is 5.75 Å². The van der Waals surface area contributed by atoms with Crippen molar-refractivity contribution < 1.29 is 14.3 Å². The molecule has 2 saturated heterocycles. The van der Waals surface area contributed by atoms with Gasteiger partial charge in [-0.15, -0.1) is 0 Å². The highest BCUT2D eigenvalue weighted by Gasteiger charge is 2.23. The predicted octanol–water partition coefficient (Wildman–Crippen LogP) is 4.35. The first-order valence-electron chi connectivity index (χ1n) is 15.1. The topological polar surface area (TPSA) is 80.4 Å².